The molecule has 7 heteroatoms. The Labute approximate surface area is 142 Å². The van der Waals surface area contributed by atoms with Gasteiger partial charge in [0.2, 0.25) is 0 Å². The second-order valence-corrected chi connectivity index (χ2v) is 6.84. The van der Waals surface area contributed by atoms with Crippen LogP contribution in [0.15, 0.2) is 36.7 Å². The zero-order valence-corrected chi connectivity index (χ0v) is 14.3. The lowest BCUT2D eigenvalue weighted by Gasteiger charge is -2.18. The third-order valence-electron chi connectivity index (χ3n) is 4.06. The number of aromatic nitrogens is 4. The van der Waals surface area contributed by atoms with E-state index in [1.54, 1.807) is 40.2 Å². The Bertz CT molecular complexity index is 1080. The van der Waals surface area contributed by atoms with E-state index in [0.717, 1.165) is 32.3 Å². The van der Waals surface area contributed by atoms with Gasteiger partial charge in [-0.1, -0.05) is 0 Å². The van der Waals surface area contributed by atoms with Crippen molar-refractivity contribution in [2.24, 2.45) is 0 Å². The maximum atomic E-state index is 12.9. The van der Waals surface area contributed by atoms with E-state index in [9.17, 15) is 4.79 Å². The number of aryl methyl sites for hydroxylation is 2. The average molecular weight is 337 g/mol. The van der Waals surface area contributed by atoms with Gasteiger partial charge >= 0.3 is 0 Å². The summed E-state index contributed by atoms with van der Waals surface area (Å²) in [6, 6.07) is 7.66. The zero-order chi connectivity index (χ0) is 16.8. The molecule has 0 aliphatic rings. The molecule has 0 saturated heterocycles. The third-order valence-corrected chi connectivity index (χ3v) is 4.99. The first-order valence-electron chi connectivity index (χ1n) is 7.49. The van der Waals surface area contributed by atoms with Crippen LogP contribution >= 0.6 is 11.3 Å². The lowest BCUT2D eigenvalue weighted by molar-refractivity contribution is 0.0991. The van der Waals surface area contributed by atoms with E-state index in [1.807, 2.05) is 38.1 Å². The van der Waals surface area contributed by atoms with Gasteiger partial charge in [0.25, 0.3) is 5.91 Å². The number of rotatable bonds is 2. The predicted octanol–water partition coefficient (Wildman–Crippen LogP) is 3.23. The van der Waals surface area contributed by atoms with Crippen molar-refractivity contribution in [2.45, 2.75) is 13.8 Å². The normalized spacial score (nSPS) is 11.3. The molecule has 3 heterocycles. The van der Waals surface area contributed by atoms with E-state index >= 15 is 0 Å². The molecule has 0 N–H and O–H groups in total. The van der Waals surface area contributed by atoms with Crippen molar-refractivity contribution < 1.29 is 4.79 Å². The van der Waals surface area contributed by atoms with Crippen LogP contribution in [0.5, 0.6) is 0 Å². The molecule has 1 aromatic carbocycles. The lowest BCUT2D eigenvalue weighted by atomic mass is 10.2. The van der Waals surface area contributed by atoms with E-state index in [0.29, 0.717) is 5.56 Å². The molecule has 0 bridgehead atoms. The summed E-state index contributed by atoms with van der Waals surface area (Å²) >= 11 is 1.62. The standard InChI is InChI=1S/C17H15N5OS/c1-10-13(9-18-16-6-7-19-22(10)16)17(23)21(3)12-4-5-14-15(8-12)24-11(2)20-14/h4-9H,1-3H3. The van der Waals surface area contributed by atoms with Gasteiger partial charge < -0.3 is 4.90 Å². The van der Waals surface area contributed by atoms with E-state index in [-0.39, 0.29) is 5.91 Å². The van der Waals surface area contributed by atoms with Crippen molar-refractivity contribution in [3.05, 3.63) is 52.9 Å². The van der Waals surface area contributed by atoms with Gasteiger partial charge in [0.15, 0.2) is 5.65 Å². The minimum absolute atomic E-state index is 0.113. The Balaban J connectivity index is 1.74. The summed E-state index contributed by atoms with van der Waals surface area (Å²) in [4.78, 5) is 23.3. The molecule has 24 heavy (non-hydrogen) atoms. The molecule has 6 nitrogen and oxygen atoms in total. The van der Waals surface area contributed by atoms with Gasteiger partial charge in [-0.3, -0.25) is 4.79 Å². The predicted molar refractivity (Wildman–Crippen MR) is 94.8 cm³/mol. The summed E-state index contributed by atoms with van der Waals surface area (Å²) in [6.07, 6.45) is 3.29. The molecule has 0 aliphatic heterocycles. The molecule has 4 rings (SSSR count). The fourth-order valence-electron chi connectivity index (χ4n) is 2.74. The molecule has 4 aromatic rings. The number of fused-ring (bicyclic) bond motifs is 2. The number of thiazole rings is 1. The summed E-state index contributed by atoms with van der Waals surface area (Å²) in [6.45, 7) is 3.85. The van der Waals surface area contributed by atoms with Crippen molar-refractivity contribution in [2.75, 3.05) is 11.9 Å². The molecule has 0 saturated carbocycles. The summed E-state index contributed by atoms with van der Waals surface area (Å²) in [5, 5.41) is 5.23. The minimum Gasteiger partial charge on any atom is -0.311 e. The van der Waals surface area contributed by atoms with Crippen molar-refractivity contribution in [3.8, 4) is 0 Å². The first kappa shape index (κ1) is 14.8. The fraction of sp³-hybridized carbons (Fsp3) is 0.176. The van der Waals surface area contributed by atoms with E-state index in [2.05, 4.69) is 15.1 Å². The fourth-order valence-corrected chi connectivity index (χ4v) is 3.60. The third kappa shape index (κ3) is 2.25. The van der Waals surface area contributed by atoms with Crippen LogP contribution in [0.25, 0.3) is 15.9 Å². The SMILES string of the molecule is Cc1nc2ccc(N(C)C(=O)c3cnc4ccnn4c3C)cc2s1. The molecule has 0 unspecified atom stereocenters. The van der Waals surface area contributed by atoms with Crippen LogP contribution in [0.2, 0.25) is 0 Å². The number of hydrogen-bond donors (Lipinski definition) is 0. The van der Waals surface area contributed by atoms with Gasteiger partial charge in [-0.2, -0.15) is 5.10 Å². The summed E-state index contributed by atoms with van der Waals surface area (Å²) < 4.78 is 2.75. The summed E-state index contributed by atoms with van der Waals surface area (Å²) in [5.41, 5.74) is 3.83. The smallest absolute Gasteiger partial charge is 0.261 e. The highest BCUT2D eigenvalue weighted by atomic mass is 32.1. The van der Waals surface area contributed by atoms with Gasteiger partial charge in [-0.05, 0) is 32.0 Å². The lowest BCUT2D eigenvalue weighted by Crippen LogP contribution is -2.27. The minimum atomic E-state index is -0.113. The number of amides is 1. The molecule has 0 fully saturated rings. The van der Waals surface area contributed by atoms with Gasteiger partial charge in [0.05, 0.1) is 32.7 Å². The molecule has 3 aromatic heterocycles. The first-order valence-corrected chi connectivity index (χ1v) is 8.31. The highest BCUT2D eigenvalue weighted by Gasteiger charge is 2.19. The Morgan fingerprint density at radius 2 is 2.08 bits per heavy atom. The number of benzene rings is 1. The molecule has 0 atom stereocenters. The Morgan fingerprint density at radius 1 is 1.25 bits per heavy atom. The molecule has 1 amide bonds. The number of carbonyl (C=O) groups is 1. The molecular formula is C17H15N5OS. The molecular weight excluding hydrogens is 322 g/mol. The van der Waals surface area contributed by atoms with Crippen LogP contribution in [0.3, 0.4) is 0 Å². The van der Waals surface area contributed by atoms with Crippen LogP contribution in [-0.2, 0) is 0 Å². The Kier molecular flexibility index (Phi) is 3.31. The van der Waals surface area contributed by atoms with Crippen LogP contribution in [0.1, 0.15) is 21.1 Å². The summed E-state index contributed by atoms with van der Waals surface area (Å²) in [5.74, 6) is -0.113. The molecule has 0 aliphatic carbocycles. The maximum absolute atomic E-state index is 12.9. The number of nitrogens with zero attached hydrogens (tertiary/aromatic N) is 5. The van der Waals surface area contributed by atoms with Crippen molar-refractivity contribution in [1.82, 2.24) is 19.6 Å². The topological polar surface area (TPSA) is 63.4 Å². The van der Waals surface area contributed by atoms with E-state index in [1.165, 1.54) is 0 Å². The molecule has 120 valence electrons. The van der Waals surface area contributed by atoms with Gasteiger partial charge in [-0.15, -0.1) is 11.3 Å². The van der Waals surface area contributed by atoms with Gasteiger partial charge in [-0.25, -0.2) is 14.5 Å². The average Bonchev–Trinajstić information content (AvgIpc) is 3.18. The summed E-state index contributed by atoms with van der Waals surface area (Å²) in [7, 11) is 1.77. The van der Waals surface area contributed by atoms with Crippen molar-refractivity contribution in [3.63, 3.8) is 0 Å². The monoisotopic (exact) mass is 337 g/mol. The number of carbonyl (C=O) groups excluding carboxylic acids is 1. The van der Waals surface area contributed by atoms with Gasteiger partial charge in [0.1, 0.15) is 0 Å². The van der Waals surface area contributed by atoms with Crippen LogP contribution in [0, 0.1) is 13.8 Å². The largest absolute Gasteiger partial charge is 0.311 e. The molecule has 0 spiro atoms. The number of hydrogen-bond acceptors (Lipinski definition) is 5. The Morgan fingerprint density at radius 3 is 2.92 bits per heavy atom. The van der Waals surface area contributed by atoms with Crippen molar-refractivity contribution in [1.29, 1.82) is 0 Å². The highest BCUT2D eigenvalue weighted by Crippen LogP contribution is 2.27. The number of anilines is 1. The molecule has 0 radical (unpaired) electrons. The van der Waals surface area contributed by atoms with E-state index in [4.69, 9.17) is 0 Å². The van der Waals surface area contributed by atoms with E-state index < -0.39 is 0 Å². The second-order valence-electron chi connectivity index (χ2n) is 5.61. The van der Waals surface area contributed by atoms with Crippen LogP contribution < -0.4 is 4.90 Å². The maximum Gasteiger partial charge on any atom is 0.261 e. The second kappa shape index (κ2) is 5.38. The van der Waals surface area contributed by atoms with Gasteiger partial charge in [0, 0.05) is 25.0 Å². The van der Waals surface area contributed by atoms with Crippen molar-refractivity contribution >= 4 is 38.8 Å². The first-order chi connectivity index (χ1) is 11.5. The Hall–Kier alpha value is -2.80. The zero-order valence-electron chi connectivity index (χ0n) is 13.5. The quantitative estimate of drug-likeness (QED) is 0.563. The van der Waals surface area contributed by atoms with Crippen LogP contribution in [-0.4, -0.2) is 32.5 Å². The highest BCUT2D eigenvalue weighted by molar-refractivity contribution is 7.18. The van der Waals surface area contributed by atoms with Crippen LogP contribution in [0.4, 0.5) is 5.69 Å².